The molecule has 0 aliphatic heterocycles. The number of carbonyl (C=O) groups excluding carboxylic acids is 1. The van der Waals surface area contributed by atoms with Crippen LogP contribution in [0.2, 0.25) is 0 Å². The van der Waals surface area contributed by atoms with E-state index in [0.717, 1.165) is 27.7 Å². The number of rotatable bonds is 4. The number of hydrogen-bond acceptors (Lipinski definition) is 4. The van der Waals surface area contributed by atoms with Gasteiger partial charge in [0.05, 0.1) is 22.0 Å². The van der Waals surface area contributed by atoms with Gasteiger partial charge in [-0.15, -0.1) is 0 Å². The Bertz CT molecular complexity index is 1120. The quantitative estimate of drug-likeness (QED) is 0.746. The molecule has 0 bridgehead atoms. The van der Waals surface area contributed by atoms with Gasteiger partial charge in [-0.25, -0.2) is 8.42 Å². The van der Waals surface area contributed by atoms with Crippen LogP contribution in [0.15, 0.2) is 53.4 Å². The molecule has 140 valence electrons. The largest absolute Gasteiger partial charge is 0.345 e. The Hall–Kier alpha value is -2.73. The van der Waals surface area contributed by atoms with Crippen molar-refractivity contribution in [3.05, 3.63) is 70.9 Å². The lowest BCUT2D eigenvalue weighted by molar-refractivity contribution is 0.0941. The number of nitrogens with zero attached hydrogens (tertiary/aromatic N) is 1. The summed E-state index contributed by atoms with van der Waals surface area (Å²) in [6.07, 6.45) is 1.17. The Morgan fingerprint density at radius 1 is 1.04 bits per heavy atom. The zero-order valence-electron chi connectivity index (χ0n) is 15.8. The van der Waals surface area contributed by atoms with E-state index in [0.29, 0.717) is 5.56 Å². The number of hydrogen-bond donors (Lipinski definition) is 1. The number of benzene rings is 2. The van der Waals surface area contributed by atoms with Crippen LogP contribution in [-0.2, 0) is 9.84 Å². The van der Waals surface area contributed by atoms with Crippen LogP contribution in [0.1, 0.15) is 40.1 Å². The van der Waals surface area contributed by atoms with Crippen molar-refractivity contribution in [2.75, 3.05) is 6.26 Å². The summed E-state index contributed by atoms with van der Waals surface area (Å²) in [4.78, 5) is 17.7. The first-order valence-electron chi connectivity index (χ1n) is 8.64. The van der Waals surface area contributed by atoms with Crippen molar-refractivity contribution < 1.29 is 13.2 Å². The van der Waals surface area contributed by atoms with Crippen LogP contribution in [0.4, 0.5) is 0 Å². The number of sulfone groups is 1. The van der Waals surface area contributed by atoms with E-state index < -0.39 is 9.84 Å². The van der Waals surface area contributed by atoms with Gasteiger partial charge in [-0.1, -0.05) is 23.8 Å². The Kier molecular flexibility index (Phi) is 5.02. The number of nitrogens with one attached hydrogen (secondary N) is 1. The highest BCUT2D eigenvalue weighted by Gasteiger charge is 2.16. The van der Waals surface area contributed by atoms with Gasteiger partial charge in [0.2, 0.25) is 0 Å². The first-order valence-corrected chi connectivity index (χ1v) is 10.5. The van der Waals surface area contributed by atoms with Gasteiger partial charge < -0.3 is 5.32 Å². The summed E-state index contributed by atoms with van der Waals surface area (Å²) in [6.45, 7) is 5.71. The molecule has 0 saturated heterocycles. The fourth-order valence-electron chi connectivity index (χ4n) is 3.02. The van der Waals surface area contributed by atoms with Gasteiger partial charge in [-0.3, -0.25) is 9.78 Å². The van der Waals surface area contributed by atoms with Gasteiger partial charge in [0.1, 0.15) is 0 Å². The molecule has 3 aromatic rings. The van der Waals surface area contributed by atoms with Crippen molar-refractivity contribution in [2.45, 2.75) is 31.7 Å². The standard InChI is InChI=1S/C21H22N2O3S/c1-13-5-10-20-18(11-13)19(12-14(2)22-20)21(24)23-15(3)16-6-8-17(9-7-16)27(4,25)26/h5-12,15H,1-4H3,(H,23,24). The fraction of sp³-hybridized carbons (Fsp3) is 0.238. The predicted octanol–water partition coefficient (Wildman–Crippen LogP) is 3.75. The number of pyridine rings is 1. The minimum atomic E-state index is -3.24. The second-order valence-corrected chi connectivity index (χ2v) is 8.88. The van der Waals surface area contributed by atoms with Gasteiger partial charge in [0.25, 0.3) is 5.91 Å². The molecule has 0 saturated carbocycles. The second kappa shape index (κ2) is 7.12. The molecule has 0 radical (unpaired) electrons. The van der Waals surface area contributed by atoms with Crippen molar-refractivity contribution in [1.82, 2.24) is 10.3 Å². The van der Waals surface area contributed by atoms with E-state index in [1.165, 1.54) is 6.26 Å². The van der Waals surface area contributed by atoms with Crippen LogP contribution in [-0.4, -0.2) is 25.6 Å². The third-order valence-corrected chi connectivity index (χ3v) is 5.62. The zero-order valence-corrected chi connectivity index (χ0v) is 16.6. The third-order valence-electron chi connectivity index (χ3n) is 4.49. The lowest BCUT2D eigenvalue weighted by Crippen LogP contribution is -2.27. The first kappa shape index (κ1) is 19.0. The summed E-state index contributed by atoms with van der Waals surface area (Å²) in [5, 5.41) is 3.81. The van der Waals surface area contributed by atoms with E-state index in [2.05, 4.69) is 10.3 Å². The number of carbonyl (C=O) groups is 1. The fourth-order valence-corrected chi connectivity index (χ4v) is 3.65. The summed E-state index contributed by atoms with van der Waals surface area (Å²) in [5.74, 6) is -0.184. The van der Waals surface area contributed by atoms with Crippen LogP contribution >= 0.6 is 0 Å². The molecule has 0 aliphatic carbocycles. The van der Waals surface area contributed by atoms with E-state index >= 15 is 0 Å². The molecular weight excluding hydrogens is 360 g/mol. The molecule has 2 aromatic carbocycles. The Labute approximate surface area is 159 Å². The lowest BCUT2D eigenvalue weighted by Gasteiger charge is -2.16. The lowest BCUT2D eigenvalue weighted by atomic mass is 10.0. The maximum atomic E-state index is 12.9. The normalized spacial score (nSPS) is 12.7. The van der Waals surface area contributed by atoms with Crippen molar-refractivity contribution in [2.24, 2.45) is 0 Å². The zero-order chi connectivity index (χ0) is 19.8. The number of amides is 1. The Morgan fingerprint density at radius 2 is 1.70 bits per heavy atom. The number of fused-ring (bicyclic) bond motifs is 1. The third kappa shape index (κ3) is 4.17. The maximum Gasteiger partial charge on any atom is 0.252 e. The molecule has 1 aromatic heterocycles. The molecule has 0 spiro atoms. The molecule has 6 heteroatoms. The van der Waals surface area contributed by atoms with Crippen molar-refractivity contribution in [1.29, 1.82) is 0 Å². The molecular formula is C21H22N2O3S. The molecule has 5 nitrogen and oxygen atoms in total. The summed E-state index contributed by atoms with van der Waals surface area (Å²) in [5.41, 5.74) is 4.05. The van der Waals surface area contributed by atoms with E-state index in [9.17, 15) is 13.2 Å². The maximum absolute atomic E-state index is 12.9. The Balaban J connectivity index is 1.89. The Morgan fingerprint density at radius 3 is 2.33 bits per heavy atom. The van der Waals surface area contributed by atoms with Crippen molar-refractivity contribution in [3.8, 4) is 0 Å². The molecule has 1 atom stereocenters. The monoisotopic (exact) mass is 382 g/mol. The van der Waals surface area contributed by atoms with Crippen molar-refractivity contribution >= 4 is 26.6 Å². The molecule has 0 aliphatic rings. The molecule has 27 heavy (non-hydrogen) atoms. The summed E-state index contributed by atoms with van der Waals surface area (Å²) >= 11 is 0. The van der Waals surface area contributed by atoms with Crippen LogP contribution in [0, 0.1) is 13.8 Å². The number of aromatic nitrogens is 1. The van der Waals surface area contributed by atoms with Crippen LogP contribution < -0.4 is 5.32 Å². The summed E-state index contributed by atoms with van der Waals surface area (Å²) < 4.78 is 23.2. The molecule has 1 heterocycles. The molecule has 3 rings (SSSR count). The van der Waals surface area contributed by atoms with E-state index in [1.807, 2.05) is 39.0 Å². The predicted molar refractivity (Wildman–Crippen MR) is 107 cm³/mol. The summed E-state index contributed by atoms with van der Waals surface area (Å²) in [7, 11) is -3.24. The van der Waals surface area contributed by atoms with Gasteiger partial charge in [0, 0.05) is 17.3 Å². The van der Waals surface area contributed by atoms with E-state index in [1.54, 1.807) is 30.3 Å². The van der Waals surface area contributed by atoms with Gasteiger partial charge >= 0.3 is 0 Å². The van der Waals surface area contributed by atoms with Crippen LogP contribution in [0.3, 0.4) is 0 Å². The van der Waals surface area contributed by atoms with E-state index in [-0.39, 0.29) is 16.8 Å². The molecule has 0 fully saturated rings. The second-order valence-electron chi connectivity index (χ2n) is 6.87. The average Bonchev–Trinajstić information content (AvgIpc) is 2.60. The highest BCUT2D eigenvalue weighted by molar-refractivity contribution is 7.90. The average molecular weight is 382 g/mol. The SMILES string of the molecule is Cc1ccc2nc(C)cc(C(=O)NC(C)c3ccc(S(C)(=O)=O)cc3)c2c1. The first-order chi connectivity index (χ1) is 12.6. The smallest absolute Gasteiger partial charge is 0.252 e. The van der Waals surface area contributed by atoms with Crippen molar-refractivity contribution in [3.63, 3.8) is 0 Å². The van der Waals surface area contributed by atoms with Gasteiger partial charge in [0.15, 0.2) is 9.84 Å². The minimum Gasteiger partial charge on any atom is -0.345 e. The highest BCUT2D eigenvalue weighted by Crippen LogP contribution is 2.22. The number of aryl methyl sites for hydroxylation is 2. The van der Waals surface area contributed by atoms with Gasteiger partial charge in [-0.05, 0) is 56.7 Å². The minimum absolute atomic E-state index is 0.184. The summed E-state index contributed by atoms with van der Waals surface area (Å²) in [6, 6.07) is 13.9. The molecule has 1 amide bonds. The molecule has 1 unspecified atom stereocenters. The molecule has 1 N–H and O–H groups in total. The van der Waals surface area contributed by atoms with Gasteiger partial charge in [-0.2, -0.15) is 0 Å². The topological polar surface area (TPSA) is 76.1 Å². The highest BCUT2D eigenvalue weighted by atomic mass is 32.2. The van der Waals surface area contributed by atoms with Crippen LogP contribution in [0.25, 0.3) is 10.9 Å². The van der Waals surface area contributed by atoms with Crippen LogP contribution in [0.5, 0.6) is 0 Å². The van der Waals surface area contributed by atoms with E-state index in [4.69, 9.17) is 0 Å².